The van der Waals surface area contributed by atoms with Gasteiger partial charge in [-0.05, 0) is 66.2 Å². The van der Waals surface area contributed by atoms with Gasteiger partial charge in [0.05, 0.1) is 51.0 Å². The smallest absolute Gasteiger partial charge is 0.0992 e. The second-order valence-corrected chi connectivity index (χ2v) is 10.5. The van der Waals surface area contributed by atoms with Crippen LogP contribution in [0.25, 0.3) is 66.1 Å². The molecule has 0 amide bonds. The van der Waals surface area contributed by atoms with Crippen molar-refractivity contribution in [2.45, 2.75) is 0 Å². The van der Waals surface area contributed by atoms with Gasteiger partial charge in [0, 0.05) is 32.8 Å². The summed E-state index contributed by atoms with van der Waals surface area (Å²) in [7, 11) is 0. The first kappa shape index (κ1) is 23.8. The van der Waals surface area contributed by atoms with E-state index in [1.807, 2.05) is 42.5 Å². The summed E-state index contributed by atoms with van der Waals surface area (Å²) in [5.74, 6) is 0. The molecule has 4 heteroatoms. The van der Waals surface area contributed by atoms with E-state index in [4.69, 9.17) is 0 Å². The molecule has 194 valence electrons. The van der Waals surface area contributed by atoms with Crippen LogP contribution in [-0.2, 0) is 0 Å². The van der Waals surface area contributed by atoms with Gasteiger partial charge in [0.15, 0.2) is 0 Å². The Morgan fingerprint density at radius 3 is 1.64 bits per heavy atom. The van der Waals surface area contributed by atoms with Gasteiger partial charge < -0.3 is 9.13 Å². The molecule has 42 heavy (non-hydrogen) atoms. The molecule has 2 heterocycles. The van der Waals surface area contributed by atoms with Crippen molar-refractivity contribution in [3.05, 3.63) is 145 Å². The molecule has 0 bridgehead atoms. The summed E-state index contributed by atoms with van der Waals surface area (Å²) in [6.07, 6.45) is 0. The monoisotopic (exact) mass is 534 g/mol. The maximum atomic E-state index is 9.87. The quantitative estimate of drug-likeness (QED) is 0.227. The van der Waals surface area contributed by atoms with Gasteiger partial charge in [-0.3, -0.25) is 0 Å². The minimum Gasteiger partial charge on any atom is -0.309 e. The van der Waals surface area contributed by atoms with Gasteiger partial charge in [-0.1, -0.05) is 72.8 Å². The highest BCUT2D eigenvalue weighted by Gasteiger charge is 2.18. The molecular formula is C38H22N4. The van der Waals surface area contributed by atoms with Crippen molar-refractivity contribution in [1.29, 1.82) is 10.5 Å². The molecule has 0 aliphatic rings. The maximum Gasteiger partial charge on any atom is 0.0992 e. The van der Waals surface area contributed by atoms with Crippen LogP contribution in [-0.4, -0.2) is 9.13 Å². The van der Waals surface area contributed by atoms with Crippen LogP contribution in [0.4, 0.5) is 0 Å². The zero-order valence-corrected chi connectivity index (χ0v) is 22.5. The van der Waals surface area contributed by atoms with Crippen LogP contribution in [0.3, 0.4) is 0 Å². The van der Waals surface area contributed by atoms with Crippen LogP contribution >= 0.6 is 0 Å². The fraction of sp³-hybridized carbons (Fsp3) is 0. The van der Waals surface area contributed by atoms with Crippen LogP contribution in [0.2, 0.25) is 0 Å². The first-order valence-corrected chi connectivity index (χ1v) is 13.8. The normalized spacial score (nSPS) is 11.3. The summed E-state index contributed by atoms with van der Waals surface area (Å²) in [5.41, 5.74) is 9.67. The van der Waals surface area contributed by atoms with E-state index in [-0.39, 0.29) is 0 Å². The maximum absolute atomic E-state index is 9.87. The molecule has 0 atom stereocenters. The highest BCUT2D eigenvalue weighted by atomic mass is 15.0. The van der Waals surface area contributed by atoms with Crippen LogP contribution in [0.1, 0.15) is 11.1 Å². The molecule has 0 spiro atoms. The van der Waals surface area contributed by atoms with Crippen molar-refractivity contribution in [2.24, 2.45) is 0 Å². The third kappa shape index (κ3) is 3.47. The molecule has 0 radical (unpaired) electrons. The van der Waals surface area contributed by atoms with Crippen LogP contribution in [0, 0.1) is 22.7 Å². The predicted molar refractivity (Wildman–Crippen MR) is 170 cm³/mol. The molecule has 2 aromatic heterocycles. The second-order valence-electron chi connectivity index (χ2n) is 10.5. The number of benzene rings is 6. The summed E-state index contributed by atoms with van der Waals surface area (Å²) in [5, 5.41) is 23.9. The predicted octanol–water partition coefficient (Wildman–Crippen LogP) is 9.29. The molecule has 0 saturated heterocycles. The number of nitriles is 2. The van der Waals surface area contributed by atoms with Gasteiger partial charge in [0.2, 0.25) is 0 Å². The molecule has 8 aromatic rings. The lowest BCUT2D eigenvalue weighted by Gasteiger charge is -2.16. The third-order valence-corrected chi connectivity index (χ3v) is 8.16. The zero-order chi connectivity index (χ0) is 28.2. The summed E-state index contributed by atoms with van der Waals surface area (Å²) in [6, 6.07) is 50.2. The zero-order valence-electron chi connectivity index (χ0n) is 22.5. The molecule has 8 rings (SSSR count). The summed E-state index contributed by atoms with van der Waals surface area (Å²) in [4.78, 5) is 0. The lowest BCUT2D eigenvalue weighted by molar-refractivity contribution is 1.17. The largest absolute Gasteiger partial charge is 0.309 e. The van der Waals surface area contributed by atoms with Gasteiger partial charge in [-0.25, -0.2) is 0 Å². The SMILES string of the molecule is N#Cc1ccc(-c2cccc(-n3c4ccccc4c4cc(C#N)ccc43)c2)c(-n2c3ccccc3c3ccccc32)c1. The topological polar surface area (TPSA) is 57.4 Å². The number of hydrogen-bond acceptors (Lipinski definition) is 2. The average Bonchev–Trinajstić information content (AvgIpc) is 3.57. The first-order chi connectivity index (χ1) is 20.7. The van der Waals surface area contributed by atoms with Gasteiger partial charge in [0.25, 0.3) is 0 Å². The summed E-state index contributed by atoms with van der Waals surface area (Å²) >= 11 is 0. The molecule has 4 nitrogen and oxygen atoms in total. The van der Waals surface area contributed by atoms with E-state index < -0.39 is 0 Å². The highest BCUT2D eigenvalue weighted by molar-refractivity contribution is 6.11. The fourth-order valence-electron chi connectivity index (χ4n) is 6.35. The van der Waals surface area contributed by atoms with Gasteiger partial charge >= 0.3 is 0 Å². The van der Waals surface area contributed by atoms with Crippen molar-refractivity contribution in [2.75, 3.05) is 0 Å². The number of hydrogen-bond donors (Lipinski definition) is 0. The fourth-order valence-corrected chi connectivity index (χ4v) is 6.35. The molecule has 0 unspecified atom stereocenters. The number of para-hydroxylation sites is 3. The number of aromatic nitrogens is 2. The van der Waals surface area contributed by atoms with Crippen molar-refractivity contribution >= 4 is 43.6 Å². The van der Waals surface area contributed by atoms with E-state index in [9.17, 15) is 10.5 Å². The van der Waals surface area contributed by atoms with Crippen LogP contribution < -0.4 is 0 Å². The average molecular weight is 535 g/mol. The number of rotatable bonds is 3. The number of fused-ring (bicyclic) bond motifs is 6. The van der Waals surface area contributed by atoms with E-state index in [1.165, 1.54) is 10.8 Å². The van der Waals surface area contributed by atoms with Crippen molar-refractivity contribution in [3.63, 3.8) is 0 Å². The first-order valence-electron chi connectivity index (χ1n) is 13.8. The molecule has 0 fully saturated rings. The van der Waals surface area contributed by atoms with Crippen molar-refractivity contribution < 1.29 is 0 Å². The van der Waals surface area contributed by atoms with Gasteiger partial charge in [-0.2, -0.15) is 10.5 Å². The second kappa shape index (κ2) is 9.24. The Balaban J connectivity index is 1.40. The molecular weight excluding hydrogens is 512 g/mol. The minimum absolute atomic E-state index is 0.613. The lowest BCUT2D eigenvalue weighted by atomic mass is 10.0. The third-order valence-electron chi connectivity index (χ3n) is 8.16. The standard InChI is InChI=1S/C38H22N4/c39-23-25-17-19-37-33(20-25)32-12-3-4-13-34(32)41(37)28-9-7-8-27(22-28)29-18-16-26(24-40)21-38(29)42-35-14-5-1-10-30(35)31-11-2-6-15-36(31)42/h1-22H. The molecule has 0 aliphatic carbocycles. The Hall–Kier alpha value is -6.10. The number of nitrogens with zero attached hydrogens (tertiary/aromatic N) is 4. The summed E-state index contributed by atoms with van der Waals surface area (Å²) < 4.78 is 4.54. The molecule has 0 aliphatic heterocycles. The lowest BCUT2D eigenvalue weighted by Crippen LogP contribution is -1.99. The van der Waals surface area contributed by atoms with Crippen LogP contribution in [0.15, 0.2) is 133 Å². The van der Waals surface area contributed by atoms with Crippen LogP contribution in [0.5, 0.6) is 0 Å². The van der Waals surface area contributed by atoms with E-state index in [0.717, 1.165) is 55.3 Å². The van der Waals surface area contributed by atoms with E-state index in [0.29, 0.717) is 11.1 Å². The van der Waals surface area contributed by atoms with Gasteiger partial charge in [-0.15, -0.1) is 0 Å². The Morgan fingerprint density at radius 2 is 0.976 bits per heavy atom. The Kier molecular flexibility index (Phi) is 5.22. The Bertz CT molecular complexity index is 2390. The Labute approximate surface area is 242 Å². The minimum atomic E-state index is 0.613. The molecule has 0 N–H and O–H groups in total. The van der Waals surface area contributed by atoms with E-state index in [1.54, 1.807) is 0 Å². The van der Waals surface area contributed by atoms with E-state index >= 15 is 0 Å². The molecule has 6 aromatic carbocycles. The summed E-state index contributed by atoms with van der Waals surface area (Å²) in [6.45, 7) is 0. The molecule has 0 saturated carbocycles. The van der Waals surface area contributed by atoms with Gasteiger partial charge in [0.1, 0.15) is 0 Å². The Morgan fingerprint density at radius 1 is 0.429 bits per heavy atom. The van der Waals surface area contributed by atoms with E-state index in [2.05, 4.69) is 112 Å². The van der Waals surface area contributed by atoms with Crippen molar-refractivity contribution in [1.82, 2.24) is 9.13 Å². The van der Waals surface area contributed by atoms with Crippen molar-refractivity contribution in [3.8, 4) is 34.6 Å². The highest BCUT2D eigenvalue weighted by Crippen LogP contribution is 2.38.